The molecule has 1 heterocycles. The zero-order valence-corrected chi connectivity index (χ0v) is 10.3. The largest absolute Gasteiger partial charge is 0.397 e. The molecule has 0 spiro atoms. The fraction of sp³-hybridized carbons (Fsp3) is 0.0833. The lowest BCUT2D eigenvalue weighted by atomic mass is 10.1. The Morgan fingerprint density at radius 1 is 1.24 bits per heavy atom. The monoisotopic (exact) mass is 268 g/mol. The first kappa shape index (κ1) is 12.2. The van der Waals surface area contributed by atoms with E-state index in [1.807, 2.05) is 0 Å². The smallest absolute Gasteiger partial charge is 0.0946 e. The van der Waals surface area contributed by atoms with Crippen LogP contribution in [0, 0.1) is 0 Å². The van der Waals surface area contributed by atoms with Gasteiger partial charge >= 0.3 is 0 Å². The maximum absolute atomic E-state index is 8.98. The molecule has 0 fully saturated rings. The molecule has 3 N–H and O–H groups in total. The van der Waals surface area contributed by atoms with Gasteiger partial charge in [0.05, 0.1) is 23.0 Å². The summed E-state index contributed by atoms with van der Waals surface area (Å²) in [6, 6.07) is 6.77. The SMILES string of the molecule is Nc1cc(CO)cnc1-c1cc(Cl)ccc1Cl. The molecule has 0 radical (unpaired) electrons. The third-order valence-electron chi connectivity index (χ3n) is 2.34. The Morgan fingerprint density at radius 2 is 2.00 bits per heavy atom. The lowest BCUT2D eigenvalue weighted by Crippen LogP contribution is -1.96. The van der Waals surface area contributed by atoms with Crippen LogP contribution in [0.25, 0.3) is 11.3 Å². The van der Waals surface area contributed by atoms with Crippen LogP contribution in [0.5, 0.6) is 0 Å². The molecule has 0 bridgehead atoms. The lowest BCUT2D eigenvalue weighted by molar-refractivity contribution is 0.281. The Kier molecular flexibility index (Phi) is 3.52. The number of nitrogens with two attached hydrogens (primary N) is 1. The van der Waals surface area contributed by atoms with Gasteiger partial charge in [-0.2, -0.15) is 0 Å². The van der Waals surface area contributed by atoms with Crippen molar-refractivity contribution in [2.75, 3.05) is 5.73 Å². The van der Waals surface area contributed by atoms with Crippen LogP contribution < -0.4 is 5.73 Å². The van der Waals surface area contributed by atoms with E-state index in [4.69, 9.17) is 34.0 Å². The Bertz CT molecular complexity index is 558. The van der Waals surface area contributed by atoms with E-state index in [-0.39, 0.29) is 6.61 Å². The zero-order valence-electron chi connectivity index (χ0n) is 8.82. The first-order chi connectivity index (χ1) is 8.11. The molecule has 3 nitrogen and oxygen atoms in total. The third kappa shape index (κ3) is 2.52. The second-order valence-corrected chi connectivity index (χ2v) is 4.41. The van der Waals surface area contributed by atoms with E-state index in [1.54, 1.807) is 30.5 Å². The quantitative estimate of drug-likeness (QED) is 0.880. The molecule has 0 atom stereocenters. The predicted octanol–water partition coefficient (Wildman–Crippen LogP) is 3.13. The summed E-state index contributed by atoms with van der Waals surface area (Å²) in [5.74, 6) is 0. The molecule has 0 aliphatic heterocycles. The molecule has 0 unspecified atom stereocenters. The van der Waals surface area contributed by atoms with Gasteiger partial charge in [0.15, 0.2) is 0 Å². The standard InChI is InChI=1S/C12H10Cl2N2O/c13-8-1-2-10(14)9(4-8)12-11(15)3-7(6-17)5-16-12/h1-5,17H,6,15H2. The van der Waals surface area contributed by atoms with Crippen LogP contribution in [0.15, 0.2) is 30.5 Å². The molecular formula is C12H10Cl2N2O. The number of anilines is 1. The lowest BCUT2D eigenvalue weighted by Gasteiger charge is -2.08. The first-order valence-electron chi connectivity index (χ1n) is 4.92. The topological polar surface area (TPSA) is 59.1 Å². The fourth-order valence-electron chi connectivity index (χ4n) is 1.52. The number of aromatic nitrogens is 1. The van der Waals surface area contributed by atoms with Gasteiger partial charge in [0.1, 0.15) is 0 Å². The molecule has 5 heteroatoms. The van der Waals surface area contributed by atoms with Crippen LogP contribution in [0.2, 0.25) is 10.0 Å². The van der Waals surface area contributed by atoms with Gasteiger partial charge in [-0.05, 0) is 29.8 Å². The van der Waals surface area contributed by atoms with Gasteiger partial charge in [-0.1, -0.05) is 23.2 Å². The van der Waals surface area contributed by atoms with Gasteiger partial charge in [-0.25, -0.2) is 0 Å². The number of aliphatic hydroxyl groups is 1. The number of halogens is 2. The van der Waals surface area contributed by atoms with Crippen LogP contribution >= 0.6 is 23.2 Å². The third-order valence-corrected chi connectivity index (χ3v) is 2.90. The number of hydrogen-bond acceptors (Lipinski definition) is 3. The molecular weight excluding hydrogens is 259 g/mol. The number of benzene rings is 1. The van der Waals surface area contributed by atoms with E-state index in [2.05, 4.69) is 4.98 Å². The highest BCUT2D eigenvalue weighted by Crippen LogP contribution is 2.32. The average molecular weight is 269 g/mol. The van der Waals surface area contributed by atoms with E-state index in [0.717, 1.165) is 0 Å². The highest BCUT2D eigenvalue weighted by Gasteiger charge is 2.10. The molecule has 0 aliphatic rings. The van der Waals surface area contributed by atoms with Crippen molar-refractivity contribution in [3.63, 3.8) is 0 Å². The second kappa shape index (κ2) is 4.92. The highest BCUT2D eigenvalue weighted by molar-refractivity contribution is 6.35. The maximum atomic E-state index is 8.98. The molecule has 0 amide bonds. The molecule has 17 heavy (non-hydrogen) atoms. The van der Waals surface area contributed by atoms with Gasteiger partial charge in [0.2, 0.25) is 0 Å². The number of rotatable bonds is 2. The van der Waals surface area contributed by atoms with Crippen LogP contribution in [0.1, 0.15) is 5.56 Å². The summed E-state index contributed by atoms with van der Waals surface area (Å²) in [6.07, 6.45) is 1.56. The van der Waals surface area contributed by atoms with E-state index >= 15 is 0 Å². The molecule has 88 valence electrons. The van der Waals surface area contributed by atoms with Crippen molar-refractivity contribution in [1.29, 1.82) is 0 Å². The first-order valence-corrected chi connectivity index (χ1v) is 5.68. The van der Waals surface area contributed by atoms with Crippen LogP contribution in [-0.2, 0) is 6.61 Å². The summed E-state index contributed by atoms with van der Waals surface area (Å²) < 4.78 is 0. The Labute approximate surface area is 109 Å². The van der Waals surface area contributed by atoms with Gasteiger partial charge in [0, 0.05) is 16.8 Å². The minimum Gasteiger partial charge on any atom is -0.397 e. The summed E-state index contributed by atoms with van der Waals surface area (Å²) in [7, 11) is 0. The number of hydrogen-bond donors (Lipinski definition) is 2. The fourth-order valence-corrected chi connectivity index (χ4v) is 1.90. The number of aliphatic hydroxyl groups excluding tert-OH is 1. The van der Waals surface area contributed by atoms with E-state index in [0.29, 0.717) is 32.6 Å². The predicted molar refractivity (Wildman–Crippen MR) is 70.0 cm³/mol. The van der Waals surface area contributed by atoms with Crippen molar-refractivity contribution in [3.8, 4) is 11.3 Å². The van der Waals surface area contributed by atoms with Crippen molar-refractivity contribution in [2.24, 2.45) is 0 Å². The Hall–Kier alpha value is -1.29. The van der Waals surface area contributed by atoms with Gasteiger partial charge in [0.25, 0.3) is 0 Å². The summed E-state index contributed by atoms with van der Waals surface area (Å²) in [6.45, 7) is -0.0965. The van der Waals surface area contributed by atoms with Crippen molar-refractivity contribution in [2.45, 2.75) is 6.61 Å². The number of nitrogen functional groups attached to an aromatic ring is 1. The zero-order chi connectivity index (χ0) is 12.4. The molecule has 0 saturated carbocycles. The van der Waals surface area contributed by atoms with Crippen molar-refractivity contribution >= 4 is 28.9 Å². The Morgan fingerprint density at radius 3 is 2.65 bits per heavy atom. The summed E-state index contributed by atoms with van der Waals surface area (Å²) >= 11 is 12.0. The normalized spacial score (nSPS) is 10.5. The van der Waals surface area contributed by atoms with Crippen molar-refractivity contribution < 1.29 is 5.11 Å². The van der Waals surface area contributed by atoms with Crippen LogP contribution in [-0.4, -0.2) is 10.1 Å². The summed E-state index contributed by atoms with van der Waals surface area (Å²) in [5, 5.41) is 10.1. The molecule has 2 aromatic rings. The molecule has 2 rings (SSSR count). The summed E-state index contributed by atoms with van der Waals surface area (Å²) in [5.41, 5.74) is 8.23. The minimum absolute atomic E-state index is 0.0965. The van der Waals surface area contributed by atoms with Crippen LogP contribution in [0.4, 0.5) is 5.69 Å². The molecule has 0 saturated heterocycles. The van der Waals surface area contributed by atoms with E-state index in [1.165, 1.54) is 0 Å². The van der Waals surface area contributed by atoms with Crippen molar-refractivity contribution in [3.05, 3.63) is 46.1 Å². The van der Waals surface area contributed by atoms with Crippen LogP contribution in [0.3, 0.4) is 0 Å². The minimum atomic E-state index is -0.0965. The second-order valence-electron chi connectivity index (χ2n) is 3.56. The molecule has 1 aromatic carbocycles. The summed E-state index contributed by atoms with van der Waals surface area (Å²) in [4.78, 5) is 4.19. The number of nitrogens with zero attached hydrogens (tertiary/aromatic N) is 1. The molecule has 0 aliphatic carbocycles. The van der Waals surface area contributed by atoms with E-state index < -0.39 is 0 Å². The number of pyridine rings is 1. The van der Waals surface area contributed by atoms with Gasteiger partial charge < -0.3 is 10.8 Å². The Balaban J connectivity index is 2.56. The van der Waals surface area contributed by atoms with Gasteiger partial charge in [-0.15, -0.1) is 0 Å². The van der Waals surface area contributed by atoms with E-state index in [9.17, 15) is 0 Å². The van der Waals surface area contributed by atoms with Crippen molar-refractivity contribution in [1.82, 2.24) is 4.98 Å². The molecule has 1 aromatic heterocycles. The maximum Gasteiger partial charge on any atom is 0.0946 e. The average Bonchev–Trinajstić information content (AvgIpc) is 2.32. The highest BCUT2D eigenvalue weighted by atomic mass is 35.5. The van der Waals surface area contributed by atoms with Gasteiger partial charge in [-0.3, -0.25) is 4.98 Å².